The Bertz CT molecular complexity index is 164. The summed E-state index contributed by atoms with van der Waals surface area (Å²) in [4.78, 5) is 12.2. The lowest BCUT2D eigenvalue weighted by Crippen LogP contribution is -2.00. The van der Waals surface area contributed by atoms with E-state index in [1.165, 1.54) is 0 Å². The van der Waals surface area contributed by atoms with Gasteiger partial charge in [0.1, 0.15) is 0 Å². The highest BCUT2D eigenvalue weighted by Crippen LogP contribution is 1.98. The predicted octanol–water partition coefficient (Wildman–Crippen LogP) is 1.82. The molecule has 0 saturated carbocycles. The van der Waals surface area contributed by atoms with Crippen LogP contribution in [-0.4, -0.2) is 43.0 Å². The molecular formula is C9H18ClNO2. The zero-order valence-corrected chi connectivity index (χ0v) is 9.43. The molecule has 0 aromatic carbocycles. The van der Waals surface area contributed by atoms with Crippen LogP contribution in [0, 0.1) is 0 Å². The summed E-state index contributed by atoms with van der Waals surface area (Å²) in [6, 6.07) is 0. The van der Waals surface area contributed by atoms with E-state index in [1.54, 1.807) is 6.08 Å². The van der Waals surface area contributed by atoms with E-state index < -0.39 is 5.97 Å². The number of carbonyl (C=O) groups is 1. The smallest absolute Gasteiger partial charge is 0.332 e. The van der Waals surface area contributed by atoms with Crippen molar-refractivity contribution in [3.63, 3.8) is 0 Å². The number of allylic oxidation sites excluding steroid dienone is 1. The second kappa shape index (κ2) is 9.55. The summed E-state index contributed by atoms with van der Waals surface area (Å²) < 4.78 is 0. The van der Waals surface area contributed by atoms with E-state index in [9.17, 15) is 4.79 Å². The molecule has 1 N–H and O–H groups in total. The fourth-order valence-corrected chi connectivity index (χ4v) is 0.669. The number of rotatable bonds is 3. The highest BCUT2D eigenvalue weighted by Gasteiger charge is 2.02. The highest BCUT2D eigenvalue weighted by atomic mass is 35.5. The quantitative estimate of drug-likeness (QED) is 0.567. The summed E-state index contributed by atoms with van der Waals surface area (Å²) in [5, 5.41) is 8.35. The topological polar surface area (TPSA) is 40.5 Å². The number of hydrogen-bond acceptors (Lipinski definition) is 2. The first-order valence-electron chi connectivity index (χ1n) is 4.04. The highest BCUT2D eigenvalue weighted by molar-refractivity contribution is 6.22. The van der Waals surface area contributed by atoms with E-state index in [0.717, 1.165) is 0 Å². The van der Waals surface area contributed by atoms with Crippen LogP contribution in [0.5, 0.6) is 0 Å². The SMILES string of the molecule is CCC=C(CCl)C(=O)O.CN(C)C. The predicted molar refractivity (Wildman–Crippen MR) is 56.3 cm³/mol. The molecule has 0 aromatic rings. The minimum atomic E-state index is -0.924. The molecule has 78 valence electrons. The number of alkyl halides is 1. The van der Waals surface area contributed by atoms with Gasteiger partial charge >= 0.3 is 5.97 Å². The standard InChI is InChI=1S/C6H9ClO2.C3H9N/c1-2-3-5(4-7)6(8)9;1-4(2)3/h3H,2,4H2,1H3,(H,8,9);1-3H3. The first-order chi connectivity index (χ1) is 5.95. The van der Waals surface area contributed by atoms with Gasteiger partial charge < -0.3 is 10.0 Å². The van der Waals surface area contributed by atoms with Gasteiger partial charge in [-0.15, -0.1) is 11.6 Å². The lowest BCUT2D eigenvalue weighted by atomic mass is 10.2. The average Bonchev–Trinajstić information content (AvgIpc) is 1.98. The molecule has 0 atom stereocenters. The molecule has 0 bridgehead atoms. The molecule has 0 aliphatic heterocycles. The molecule has 0 aliphatic rings. The van der Waals surface area contributed by atoms with Crippen molar-refractivity contribution < 1.29 is 9.90 Å². The van der Waals surface area contributed by atoms with Crippen LogP contribution in [0.2, 0.25) is 0 Å². The molecular weight excluding hydrogens is 190 g/mol. The summed E-state index contributed by atoms with van der Waals surface area (Å²) in [5.41, 5.74) is 0.277. The lowest BCUT2D eigenvalue weighted by Gasteiger charge is -1.91. The van der Waals surface area contributed by atoms with E-state index in [4.69, 9.17) is 16.7 Å². The van der Waals surface area contributed by atoms with Crippen molar-refractivity contribution in [2.45, 2.75) is 13.3 Å². The van der Waals surface area contributed by atoms with Crippen molar-refractivity contribution in [2.75, 3.05) is 27.0 Å². The van der Waals surface area contributed by atoms with E-state index in [-0.39, 0.29) is 11.5 Å². The zero-order valence-electron chi connectivity index (χ0n) is 8.67. The minimum Gasteiger partial charge on any atom is -0.478 e. The average molecular weight is 208 g/mol. The fourth-order valence-electron chi connectivity index (χ4n) is 0.445. The van der Waals surface area contributed by atoms with Gasteiger partial charge in [-0.05, 0) is 27.6 Å². The summed E-state index contributed by atoms with van der Waals surface area (Å²) >= 11 is 5.29. The van der Waals surface area contributed by atoms with Crippen LogP contribution < -0.4 is 0 Å². The Labute approximate surface area is 85.0 Å². The Morgan fingerprint density at radius 1 is 1.46 bits per heavy atom. The zero-order chi connectivity index (χ0) is 10.9. The maximum Gasteiger partial charge on any atom is 0.332 e. The molecule has 0 rings (SSSR count). The molecule has 0 unspecified atom stereocenters. The number of carboxylic acids is 1. The minimum absolute atomic E-state index is 0.0865. The molecule has 4 heteroatoms. The second-order valence-corrected chi connectivity index (χ2v) is 3.19. The Morgan fingerprint density at radius 2 is 1.85 bits per heavy atom. The van der Waals surface area contributed by atoms with Crippen molar-refractivity contribution in [3.05, 3.63) is 11.6 Å². The second-order valence-electron chi connectivity index (χ2n) is 2.92. The largest absolute Gasteiger partial charge is 0.478 e. The number of nitrogens with zero attached hydrogens (tertiary/aromatic N) is 1. The molecule has 0 fully saturated rings. The summed E-state index contributed by atoms with van der Waals surface area (Å²) in [6.07, 6.45) is 2.32. The van der Waals surface area contributed by atoms with Gasteiger partial charge in [-0.25, -0.2) is 4.79 Å². The number of carboxylic acid groups (broad SMARTS) is 1. The molecule has 0 radical (unpaired) electrons. The number of halogens is 1. The van der Waals surface area contributed by atoms with Crippen LogP contribution in [0.4, 0.5) is 0 Å². The van der Waals surface area contributed by atoms with Gasteiger partial charge in [0.15, 0.2) is 0 Å². The Morgan fingerprint density at radius 3 is 1.92 bits per heavy atom. The van der Waals surface area contributed by atoms with Gasteiger partial charge in [-0.1, -0.05) is 13.0 Å². The van der Waals surface area contributed by atoms with Crippen molar-refractivity contribution >= 4 is 17.6 Å². The third-order valence-electron chi connectivity index (χ3n) is 0.869. The van der Waals surface area contributed by atoms with Crippen molar-refractivity contribution in [1.82, 2.24) is 4.90 Å². The van der Waals surface area contributed by atoms with Gasteiger partial charge in [-0.3, -0.25) is 0 Å². The van der Waals surface area contributed by atoms with E-state index in [1.807, 2.05) is 33.0 Å². The number of aliphatic carboxylic acids is 1. The van der Waals surface area contributed by atoms with Crippen LogP contribution in [0.25, 0.3) is 0 Å². The molecule has 3 nitrogen and oxygen atoms in total. The molecule has 0 saturated heterocycles. The van der Waals surface area contributed by atoms with Gasteiger partial charge in [-0.2, -0.15) is 0 Å². The third-order valence-corrected chi connectivity index (χ3v) is 1.16. The summed E-state index contributed by atoms with van der Waals surface area (Å²) in [7, 11) is 6.00. The van der Waals surface area contributed by atoms with Gasteiger partial charge in [0.05, 0.1) is 5.88 Å². The van der Waals surface area contributed by atoms with Crippen LogP contribution in [0.15, 0.2) is 11.6 Å². The Balaban J connectivity index is 0. The van der Waals surface area contributed by atoms with E-state index >= 15 is 0 Å². The normalized spacial score (nSPS) is 10.8. The van der Waals surface area contributed by atoms with Crippen LogP contribution in [-0.2, 0) is 4.79 Å². The molecule has 13 heavy (non-hydrogen) atoms. The third kappa shape index (κ3) is 14.3. The monoisotopic (exact) mass is 207 g/mol. The fraction of sp³-hybridized carbons (Fsp3) is 0.667. The first-order valence-corrected chi connectivity index (χ1v) is 4.58. The lowest BCUT2D eigenvalue weighted by molar-refractivity contribution is -0.132. The van der Waals surface area contributed by atoms with Crippen LogP contribution >= 0.6 is 11.6 Å². The first kappa shape index (κ1) is 15.0. The molecule has 0 spiro atoms. The van der Waals surface area contributed by atoms with Gasteiger partial charge in [0.25, 0.3) is 0 Å². The van der Waals surface area contributed by atoms with Gasteiger partial charge in [0.2, 0.25) is 0 Å². The molecule has 0 aliphatic carbocycles. The summed E-state index contributed by atoms with van der Waals surface area (Å²) in [6.45, 7) is 1.87. The Hall–Kier alpha value is -0.540. The molecule has 0 amide bonds. The van der Waals surface area contributed by atoms with Gasteiger partial charge in [0, 0.05) is 5.57 Å². The summed E-state index contributed by atoms with van der Waals surface area (Å²) in [5.74, 6) is -0.838. The van der Waals surface area contributed by atoms with Crippen molar-refractivity contribution in [1.29, 1.82) is 0 Å². The Kier molecular flexibility index (Phi) is 11.0. The molecule has 0 aromatic heterocycles. The van der Waals surface area contributed by atoms with E-state index in [2.05, 4.69) is 0 Å². The van der Waals surface area contributed by atoms with Crippen molar-refractivity contribution in [2.24, 2.45) is 0 Å². The molecule has 0 heterocycles. The van der Waals surface area contributed by atoms with Crippen LogP contribution in [0.3, 0.4) is 0 Å². The maximum absolute atomic E-state index is 10.2. The maximum atomic E-state index is 10.2. The van der Waals surface area contributed by atoms with E-state index in [0.29, 0.717) is 6.42 Å². The van der Waals surface area contributed by atoms with Crippen molar-refractivity contribution in [3.8, 4) is 0 Å². The number of hydrogen-bond donors (Lipinski definition) is 1. The van der Waals surface area contributed by atoms with Crippen LogP contribution in [0.1, 0.15) is 13.3 Å².